The molecule has 9 heteroatoms. The van der Waals surface area contributed by atoms with Crippen molar-refractivity contribution in [1.29, 1.82) is 0 Å². The van der Waals surface area contributed by atoms with Crippen molar-refractivity contribution in [2.45, 2.75) is 50.2 Å². The Morgan fingerprint density at radius 3 is 2.58 bits per heavy atom. The Morgan fingerprint density at radius 2 is 1.94 bits per heavy atom. The van der Waals surface area contributed by atoms with E-state index in [-0.39, 0.29) is 11.3 Å². The van der Waals surface area contributed by atoms with Crippen molar-refractivity contribution in [2.75, 3.05) is 5.75 Å². The standard InChI is InChI=1S/C22H24N4O3S2/c1-22(2,3)25-20(29)23-16(27)12-31-21-24-18-17(15(11-30-18)13-9-10-13)19(28)26(21)14-7-5-4-6-8-14/h4-8,11,13H,9-10,12H2,1-3H3,(H2,23,25,27,29). The van der Waals surface area contributed by atoms with E-state index < -0.39 is 17.5 Å². The number of imide groups is 1. The van der Waals surface area contributed by atoms with Gasteiger partial charge in [-0.1, -0.05) is 30.0 Å². The zero-order chi connectivity index (χ0) is 22.2. The number of urea groups is 1. The third-order valence-electron chi connectivity index (χ3n) is 4.71. The molecular formula is C22H24N4O3S2. The normalized spacial score (nSPS) is 13.9. The second kappa shape index (κ2) is 8.47. The Hall–Kier alpha value is -2.65. The molecule has 1 saturated carbocycles. The average Bonchev–Trinajstić information content (AvgIpc) is 3.45. The summed E-state index contributed by atoms with van der Waals surface area (Å²) in [5, 5.41) is 8.15. The van der Waals surface area contributed by atoms with Gasteiger partial charge in [-0.2, -0.15) is 0 Å². The first kappa shape index (κ1) is 21.6. The van der Waals surface area contributed by atoms with Gasteiger partial charge in [0.2, 0.25) is 5.91 Å². The van der Waals surface area contributed by atoms with Crippen LogP contribution in [0.1, 0.15) is 45.1 Å². The van der Waals surface area contributed by atoms with Gasteiger partial charge < -0.3 is 5.32 Å². The highest BCUT2D eigenvalue weighted by Gasteiger charge is 2.29. The lowest BCUT2D eigenvalue weighted by Gasteiger charge is -2.20. The summed E-state index contributed by atoms with van der Waals surface area (Å²) in [6.45, 7) is 5.50. The van der Waals surface area contributed by atoms with Crippen LogP contribution >= 0.6 is 23.1 Å². The summed E-state index contributed by atoms with van der Waals surface area (Å²) in [7, 11) is 0. The van der Waals surface area contributed by atoms with E-state index in [0.29, 0.717) is 27.0 Å². The minimum atomic E-state index is -0.547. The van der Waals surface area contributed by atoms with Gasteiger partial charge in [-0.25, -0.2) is 9.78 Å². The molecule has 0 radical (unpaired) electrons. The SMILES string of the molecule is CC(C)(C)NC(=O)NC(=O)CSc1nc2scc(C3CC3)c2c(=O)n1-c1ccccc1. The van der Waals surface area contributed by atoms with Crippen LogP contribution in [0, 0.1) is 0 Å². The number of nitrogens with zero attached hydrogens (tertiary/aromatic N) is 2. The van der Waals surface area contributed by atoms with Gasteiger partial charge in [0, 0.05) is 5.54 Å². The van der Waals surface area contributed by atoms with Crippen molar-refractivity contribution in [3.8, 4) is 5.69 Å². The molecule has 2 heterocycles. The maximum atomic E-state index is 13.5. The molecule has 7 nitrogen and oxygen atoms in total. The van der Waals surface area contributed by atoms with Crippen LogP contribution in [0.25, 0.3) is 15.9 Å². The number of para-hydroxylation sites is 1. The van der Waals surface area contributed by atoms with Crippen molar-refractivity contribution < 1.29 is 9.59 Å². The maximum absolute atomic E-state index is 13.5. The molecule has 2 aromatic heterocycles. The molecule has 0 unspecified atom stereocenters. The number of thiophene rings is 1. The number of aromatic nitrogens is 2. The first-order valence-corrected chi connectivity index (χ1v) is 11.9. The summed E-state index contributed by atoms with van der Waals surface area (Å²) in [6, 6.07) is 8.75. The van der Waals surface area contributed by atoms with Gasteiger partial charge in [0.1, 0.15) is 4.83 Å². The molecule has 0 saturated heterocycles. The summed E-state index contributed by atoms with van der Waals surface area (Å²) in [5.74, 6) is -0.0490. The highest BCUT2D eigenvalue weighted by Crippen LogP contribution is 2.44. The Balaban J connectivity index is 1.63. The molecule has 3 aromatic rings. The van der Waals surface area contributed by atoms with E-state index >= 15 is 0 Å². The van der Waals surface area contributed by atoms with Crippen LogP contribution in [0.4, 0.5) is 4.79 Å². The zero-order valence-electron chi connectivity index (χ0n) is 17.6. The molecule has 1 fully saturated rings. The van der Waals surface area contributed by atoms with Gasteiger partial charge in [0.15, 0.2) is 5.16 Å². The number of hydrogen-bond donors (Lipinski definition) is 2. The van der Waals surface area contributed by atoms with E-state index in [1.807, 2.05) is 56.5 Å². The van der Waals surface area contributed by atoms with Gasteiger partial charge >= 0.3 is 6.03 Å². The van der Waals surface area contributed by atoms with E-state index in [1.54, 1.807) is 4.57 Å². The van der Waals surface area contributed by atoms with Crippen molar-refractivity contribution in [1.82, 2.24) is 20.2 Å². The molecule has 2 N–H and O–H groups in total. The summed E-state index contributed by atoms with van der Waals surface area (Å²) in [4.78, 5) is 43.2. The molecule has 0 bridgehead atoms. The Labute approximate surface area is 188 Å². The molecule has 31 heavy (non-hydrogen) atoms. The molecule has 0 aliphatic heterocycles. The highest BCUT2D eigenvalue weighted by atomic mass is 32.2. The van der Waals surface area contributed by atoms with Crippen molar-refractivity contribution in [3.05, 3.63) is 51.6 Å². The monoisotopic (exact) mass is 456 g/mol. The zero-order valence-corrected chi connectivity index (χ0v) is 19.2. The number of amides is 3. The maximum Gasteiger partial charge on any atom is 0.321 e. The van der Waals surface area contributed by atoms with E-state index in [2.05, 4.69) is 10.6 Å². The Morgan fingerprint density at radius 1 is 1.23 bits per heavy atom. The van der Waals surface area contributed by atoms with Crippen LogP contribution in [-0.2, 0) is 4.79 Å². The summed E-state index contributed by atoms with van der Waals surface area (Å²) < 4.78 is 1.56. The smallest absolute Gasteiger partial charge is 0.321 e. The molecule has 3 amide bonds. The fourth-order valence-electron chi connectivity index (χ4n) is 3.25. The molecule has 1 aliphatic carbocycles. The lowest BCUT2D eigenvalue weighted by molar-refractivity contribution is -0.117. The van der Waals surface area contributed by atoms with Crippen LogP contribution in [0.5, 0.6) is 0 Å². The largest absolute Gasteiger partial charge is 0.333 e. The minimum absolute atomic E-state index is 0.0385. The van der Waals surface area contributed by atoms with Crippen LogP contribution in [-0.4, -0.2) is 32.8 Å². The molecular weight excluding hydrogens is 432 g/mol. The second-order valence-corrected chi connectivity index (χ2v) is 10.4. The summed E-state index contributed by atoms with van der Waals surface area (Å²) in [5.41, 5.74) is 1.21. The number of carbonyl (C=O) groups is 2. The topological polar surface area (TPSA) is 93.1 Å². The third kappa shape index (κ3) is 4.99. The van der Waals surface area contributed by atoms with Crippen LogP contribution in [0.3, 0.4) is 0 Å². The van der Waals surface area contributed by atoms with E-state index in [0.717, 1.165) is 30.2 Å². The quantitative estimate of drug-likeness (QED) is 0.446. The van der Waals surface area contributed by atoms with E-state index in [4.69, 9.17) is 4.98 Å². The lowest BCUT2D eigenvalue weighted by atomic mass is 10.1. The predicted octanol–water partition coefficient (Wildman–Crippen LogP) is 4.04. The highest BCUT2D eigenvalue weighted by molar-refractivity contribution is 7.99. The van der Waals surface area contributed by atoms with Gasteiger partial charge in [0.05, 0.1) is 16.8 Å². The van der Waals surface area contributed by atoms with E-state index in [9.17, 15) is 14.4 Å². The van der Waals surface area contributed by atoms with E-state index in [1.165, 1.54) is 11.3 Å². The third-order valence-corrected chi connectivity index (χ3v) is 6.54. The number of nitrogens with one attached hydrogen (secondary N) is 2. The van der Waals surface area contributed by atoms with Crippen LogP contribution in [0.2, 0.25) is 0 Å². The number of thioether (sulfide) groups is 1. The molecule has 0 atom stereocenters. The number of benzene rings is 1. The second-order valence-electron chi connectivity index (χ2n) is 8.56. The molecule has 1 aromatic carbocycles. The fraction of sp³-hybridized carbons (Fsp3) is 0.364. The van der Waals surface area contributed by atoms with Crippen LogP contribution < -0.4 is 16.2 Å². The number of hydrogen-bond acceptors (Lipinski definition) is 6. The number of rotatable bonds is 5. The molecule has 0 spiro atoms. The number of fused-ring (bicyclic) bond motifs is 1. The van der Waals surface area contributed by atoms with Crippen molar-refractivity contribution in [3.63, 3.8) is 0 Å². The Bertz CT molecular complexity index is 1190. The lowest BCUT2D eigenvalue weighted by Crippen LogP contribution is -2.48. The van der Waals surface area contributed by atoms with Gasteiger partial charge in [-0.05, 0) is 62.6 Å². The van der Waals surface area contributed by atoms with Gasteiger partial charge in [-0.3, -0.25) is 19.5 Å². The van der Waals surface area contributed by atoms with Gasteiger partial charge in [-0.15, -0.1) is 11.3 Å². The van der Waals surface area contributed by atoms with Crippen LogP contribution in [0.15, 0.2) is 45.7 Å². The first-order chi connectivity index (χ1) is 14.7. The Kier molecular flexibility index (Phi) is 5.90. The molecule has 4 rings (SSSR count). The van der Waals surface area contributed by atoms with Crippen molar-refractivity contribution in [2.24, 2.45) is 0 Å². The molecule has 162 valence electrons. The average molecular weight is 457 g/mol. The van der Waals surface area contributed by atoms with Gasteiger partial charge in [0.25, 0.3) is 5.56 Å². The summed E-state index contributed by atoms with van der Waals surface area (Å²) >= 11 is 2.60. The summed E-state index contributed by atoms with van der Waals surface area (Å²) in [6.07, 6.45) is 2.20. The molecule has 1 aliphatic rings. The predicted molar refractivity (Wildman–Crippen MR) is 124 cm³/mol. The van der Waals surface area contributed by atoms with Crippen molar-refractivity contribution >= 4 is 45.3 Å². The fourth-order valence-corrected chi connectivity index (χ4v) is 5.13. The number of carbonyl (C=O) groups excluding carboxylic acids is 2. The minimum Gasteiger partial charge on any atom is -0.333 e. The first-order valence-electron chi connectivity index (χ1n) is 10.1.